The summed E-state index contributed by atoms with van der Waals surface area (Å²) in [5.41, 5.74) is 5.87. The van der Waals surface area contributed by atoms with Crippen LogP contribution in [0, 0.1) is 15.5 Å². The number of nitrogens with zero attached hydrogens (tertiary/aromatic N) is 1. The Morgan fingerprint density at radius 1 is 1.47 bits per heavy atom. The summed E-state index contributed by atoms with van der Waals surface area (Å²) >= 11 is 3.18. The van der Waals surface area contributed by atoms with Crippen molar-refractivity contribution in [2.24, 2.45) is 11.1 Å². The second-order valence-electron chi connectivity index (χ2n) is 5.25. The molecule has 1 rings (SSSR count). The zero-order valence-corrected chi connectivity index (χ0v) is 12.5. The van der Waals surface area contributed by atoms with E-state index in [0.29, 0.717) is 10.2 Å². The molecule has 1 atom stereocenters. The van der Waals surface area contributed by atoms with Gasteiger partial charge in [-0.3, -0.25) is 14.9 Å². The first-order valence-electron chi connectivity index (χ1n) is 5.63. The Balaban J connectivity index is 2.89. The van der Waals surface area contributed by atoms with Crippen molar-refractivity contribution in [3.63, 3.8) is 0 Å². The van der Waals surface area contributed by atoms with Crippen molar-refractivity contribution in [2.75, 3.05) is 5.32 Å². The van der Waals surface area contributed by atoms with Crippen LogP contribution in [0.1, 0.15) is 20.8 Å². The minimum Gasteiger partial charge on any atom is -0.324 e. The van der Waals surface area contributed by atoms with E-state index in [4.69, 9.17) is 5.73 Å². The number of nitrogens with two attached hydrogens (primary N) is 1. The van der Waals surface area contributed by atoms with E-state index in [1.165, 1.54) is 18.2 Å². The summed E-state index contributed by atoms with van der Waals surface area (Å²) in [4.78, 5) is 22.0. The van der Waals surface area contributed by atoms with E-state index in [2.05, 4.69) is 21.2 Å². The average Bonchev–Trinajstić information content (AvgIpc) is 2.29. The molecule has 0 aliphatic carbocycles. The molecule has 19 heavy (non-hydrogen) atoms. The van der Waals surface area contributed by atoms with Gasteiger partial charge in [-0.05, 0) is 27.4 Å². The van der Waals surface area contributed by atoms with Crippen molar-refractivity contribution in [3.05, 3.63) is 32.8 Å². The monoisotopic (exact) mass is 329 g/mol. The third-order valence-electron chi connectivity index (χ3n) is 2.64. The van der Waals surface area contributed by atoms with Gasteiger partial charge in [0.2, 0.25) is 5.91 Å². The molecular formula is C12H16BrN3O3. The normalized spacial score (nSPS) is 12.9. The van der Waals surface area contributed by atoms with E-state index in [1.807, 2.05) is 20.8 Å². The SMILES string of the molecule is CC(C)(C)C(N)C(=O)Nc1ccc([N+](=O)[O-])cc1Br. The second kappa shape index (κ2) is 5.66. The van der Waals surface area contributed by atoms with Gasteiger partial charge in [0.1, 0.15) is 0 Å². The molecule has 0 saturated heterocycles. The standard InChI is InChI=1S/C12H16BrN3O3/c1-12(2,3)10(14)11(17)15-9-5-4-7(16(18)19)6-8(9)13/h4-6,10H,14H2,1-3H3,(H,15,17). The van der Waals surface area contributed by atoms with Gasteiger partial charge in [-0.15, -0.1) is 0 Å². The highest BCUT2D eigenvalue weighted by atomic mass is 79.9. The van der Waals surface area contributed by atoms with Crippen molar-refractivity contribution >= 4 is 33.2 Å². The number of amides is 1. The van der Waals surface area contributed by atoms with Crippen molar-refractivity contribution in [1.82, 2.24) is 0 Å². The number of nitro benzene ring substituents is 1. The molecule has 7 heteroatoms. The summed E-state index contributed by atoms with van der Waals surface area (Å²) in [6.45, 7) is 5.59. The minimum absolute atomic E-state index is 0.0509. The number of halogens is 1. The third-order valence-corrected chi connectivity index (χ3v) is 3.29. The van der Waals surface area contributed by atoms with Gasteiger partial charge in [0.15, 0.2) is 0 Å². The van der Waals surface area contributed by atoms with Gasteiger partial charge < -0.3 is 11.1 Å². The van der Waals surface area contributed by atoms with Gasteiger partial charge in [-0.1, -0.05) is 20.8 Å². The highest BCUT2D eigenvalue weighted by molar-refractivity contribution is 9.10. The third kappa shape index (κ3) is 4.00. The van der Waals surface area contributed by atoms with Crippen LogP contribution < -0.4 is 11.1 Å². The lowest BCUT2D eigenvalue weighted by Gasteiger charge is -2.25. The van der Waals surface area contributed by atoms with Crippen LogP contribution in [0.5, 0.6) is 0 Å². The Morgan fingerprint density at radius 3 is 2.47 bits per heavy atom. The van der Waals surface area contributed by atoms with Crippen molar-refractivity contribution < 1.29 is 9.72 Å². The minimum atomic E-state index is -0.672. The molecule has 104 valence electrons. The second-order valence-corrected chi connectivity index (χ2v) is 6.11. The summed E-state index contributed by atoms with van der Waals surface area (Å²) in [6.07, 6.45) is 0. The number of benzene rings is 1. The number of rotatable bonds is 3. The Bertz CT molecular complexity index is 511. The molecule has 3 N–H and O–H groups in total. The number of anilines is 1. The van der Waals surface area contributed by atoms with E-state index in [-0.39, 0.29) is 17.0 Å². The number of nitro groups is 1. The van der Waals surface area contributed by atoms with Crippen LogP contribution in [0.2, 0.25) is 0 Å². The van der Waals surface area contributed by atoms with Crippen molar-refractivity contribution in [3.8, 4) is 0 Å². The summed E-state index contributed by atoms with van der Waals surface area (Å²) < 4.78 is 0.441. The molecule has 6 nitrogen and oxygen atoms in total. The van der Waals surface area contributed by atoms with E-state index < -0.39 is 11.0 Å². The van der Waals surface area contributed by atoms with Crippen LogP contribution in [0.25, 0.3) is 0 Å². The van der Waals surface area contributed by atoms with E-state index in [1.54, 1.807) is 0 Å². The summed E-state index contributed by atoms with van der Waals surface area (Å²) in [7, 11) is 0. The van der Waals surface area contributed by atoms with Crippen LogP contribution in [-0.2, 0) is 4.79 Å². The first kappa shape index (κ1) is 15.6. The van der Waals surface area contributed by atoms with Gasteiger partial charge in [-0.2, -0.15) is 0 Å². The lowest BCUT2D eigenvalue weighted by molar-refractivity contribution is -0.384. The van der Waals surface area contributed by atoms with Gasteiger partial charge in [0, 0.05) is 16.6 Å². The van der Waals surface area contributed by atoms with Crippen molar-refractivity contribution in [2.45, 2.75) is 26.8 Å². The van der Waals surface area contributed by atoms with E-state index >= 15 is 0 Å². The molecule has 0 spiro atoms. The molecule has 0 aromatic heterocycles. The van der Waals surface area contributed by atoms with Gasteiger partial charge in [0.25, 0.3) is 5.69 Å². The summed E-state index contributed by atoms with van der Waals surface area (Å²) in [6, 6.07) is 3.45. The van der Waals surface area contributed by atoms with Gasteiger partial charge in [0.05, 0.1) is 16.7 Å². The molecule has 0 aliphatic rings. The maximum atomic E-state index is 11.9. The lowest BCUT2D eigenvalue weighted by atomic mass is 9.87. The molecule has 0 aliphatic heterocycles. The van der Waals surface area contributed by atoms with Crippen LogP contribution in [0.3, 0.4) is 0 Å². The zero-order chi connectivity index (χ0) is 14.8. The molecule has 1 aromatic rings. The quantitative estimate of drug-likeness (QED) is 0.657. The molecule has 1 unspecified atom stereocenters. The molecule has 0 bridgehead atoms. The van der Waals surface area contributed by atoms with Crippen LogP contribution in [0.4, 0.5) is 11.4 Å². The molecule has 0 heterocycles. The first-order valence-corrected chi connectivity index (χ1v) is 6.42. The first-order chi connectivity index (χ1) is 8.62. The Kier molecular flexibility index (Phi) is 4.65. The summed E-state index contributed by atoms with van der Waals surface area (Å²) in [5.74, 6) is -0.331. The maximum absolute atomic E-state index is 11.9. The van der Waals surface area contributed by atoms with Crippen molar-refractivity contribution in [1.29, 1.82) is 0 Å². The molecule has 1 amide bonds. The number of carbonyl (C=O) groups is 1. The fourth-order valence-corrected chi connectivity index (χ4v) is 1.79. The average molecular weight is 330 g/mol. The molecule has 1 aromatic carbocycles. The molecule has 0 radical (unpaired) electrons. The predicted molar refractivity (Wildman–Crippen MR) is 76.9 cm³/mol. The van der Waals surface area contributed by atoms with E-state index in [9.17, 15) is 14.9 Å². The Hall–Kier alpha value is -1.47. The number of nitrogens with one attached hydrogen (secondary N) is 1. The number of hydrogen-bond donors (Lipinski definition) is 2. The highest BCUT2D eigenvalue weighted by Gasteiger charge is 2.27. The van der Waals surface area contributed by atoms with Crippen LogP contribution >= 0.6 is 15.9 Å². The largest absolute Gasteiger partial charge is 0.324 e. The smallest absolute Gasteiger partial charge is 0.270 e. The van der Waals surface area contributed by atoms with Crippen LogP contribution in [0.15, 0.2) is 22.7 Å². The van der Waals surface area contributed by atoms with Gasteiger partial charge >= 0.3 is 0 Å². The number of carbonyl (C=O) groups excluding carboxylic acids is 1. The van der Waals surface area contributed by atoms with E-state index in [0.717, 1.165) is 0 Å². The lowest BCUT2D eigenvalue weighted by Crippen LogP contribution is -2.45. The molecular weight excluding hydrogens is 314 g/mol. The van der Waals surface area contributed by atoms with Crippen LogP contribution in [-0.4, -0.2) is 16.9 Å². The Labute approximate surface area is 119 Å². The highest BCUT2D eigenvalue weighted by Crippen LogP contribution is 2.28. The zero-order valence-electron chi connectivity index (χ0n) is 10.9. The molecule has 0 saturated carbocycles. The Morgan fingerprint density at radius 2 is 2.05 bits per heavy atom. The fourth-order valence-electron chi connectivity index (χ4n) is 1.32. The molecule has 0 fully saturated rings. The number of non-ortho nitro benzene ring substituents is 1. The maximum Gasteiger partial charge on any atom is 0.270 e. The fraction of sp³-hybridized carbons (Fsp3) is 0.417. The van der Waals surface area contributed by atoms with Gasteiger partial charge in [-0.25, -0.2) is 0 Å². The summed E-state index contributed by atoms with van der Waals surface area (Å²) in [5, 5.41) is 13.3. The number of hydrogen-bond acceptors (Lipinski definition) is 4. The predicted octanol–water partition coefficient (Wildman–Crippen LogP) is 2.67. The topological polar surface area (TPSA) is 98.3 Å².